The van der Waals surface area contributed by atoms with Gasteiger partial charge >= 0.3 is 5.97 Å². The van der Waals surface area contributed by atoms with Gasteiger partial charge in [0.2, 0.25) is 5.79 Å². The molecule has 1 aromatic heterocycles. The summed E-state index contributed by atoms with van der Waals surface area (Å²) in [5.41, 5.74) is 1.27. The van der Waals surface area contributed by atoms with Crippen LogP contribution in [0, 0.1) is 35.5 Å². The van der Waals surface area contributed by atoms with Crippen LogP contribution in [0.3, 0.4) is 0 Å². The van der Waals surface area contributed by atoms with Crippen molar-refractivity contribution in [3.8, 4) is 0 Å². The van der Waals surface area contributed by atoms with Crippen LogP contribution >= 0.6 is 0 Å². The number of carbonyl (C=O) groups excluding carboxylic acids is 5. The lowest BCUT2D eigenvalue weighted by molar-refractivity contribution is -0.265. The van der Waals surface area contributed by atoms with E-state index in [4.69, 9.17) is 23.7 Å². The molecule has 5 rings (SSSR count). The number of carbonyl (C=O) groups is 5. The number of aliphatic hydroxyl groups excluding tert-OH is 1. The number of hydrogen-bond donors (Lipinski definition) is 2. The Morgan fingerprint density at radius 2 is 1.64 bits per heavy atom. The number of allylic oxidation sites excluding steroid dienone is 6. The summed E-state index contributed by atoms with van der Waals surface area (Å²) in [5.74, 6) is -7.92. The molecule has 2 N–H and O–H groups in total. The highest BCUT2D eigenvalue weighted by atomic mass is 16.6. The number of rotatable bonds is 7. The number of methoxy groups -OCH3 is 3. The molecule has 17 nitrogen and oxygen atoms in total. The zero-order chi connectivity index (χ0) is 50.6. The van der Waals surface area contributed by atoms with Crippen LogP contribution in [0.2, 0.25) is 0 Å². The Morgan fingerprint density at radius 3 is 2.32 bits per heavy atom. The minimum absolute atomic E-state index is 0.0170. The molecule has 4 heterocycles. The number of nitrogens with zero attached hydrogens (tertiary/aromatic N) is 5. The quantitative estimate of drug-likeness (QED) is 0.181. The van der Waals surface area contributed by atoms with Crippen molar-refractivity contribution in [2.24, 2.45) is 35.5 Å². The van der Waals surface area contributed by atoms with E-state index in [2.05, 4.69) is 15.5 Å². The maximum Gasteiger partial charge on any atom is 0.329 e. The van der Waals surface area contributed by atoms with Crippen LogP contribution in [-0.2, 0) is 47.7 Å². The van der Waals surface area contributed by atoms with Gasteiger partial charge in [0.1, 0.15) is 36.5 Å². The number of esters is 1. The third-order valence-electron chi connectivity index (χ3n) is 15.2. The molecule has 384 valence electrons. The van der Waals surface area contributed by atoms with E-state index in [-0.39, 0.29) is 60.9 Å². The molecule has 69 heavy (non-hydrogen) atoms. The average Bonchev–Trinajstić information content (AvgIpc) is 3.88. The number of piperidine rings is 1. The molecule has 8 unspecified atom stereocenters. The predicted molar refractivity (Wildman–Crippen MR) is 256 cm³/mol. The number of fused-ring (bicyclic) bond motifs is 3. The van der Waals surface area contributed by atoms with Crippen LogP contribution in [0.5, 0.6) is 0 Å². The molecule has 17 heteroatoms. The van der Waals surface area contributed by atoms with Crippen molar-refractivity contribution in [2.75, 3.05) is 27.9 Å². The Bertz CT molecular complexity index is 2020. The molecule has 3 fully saturated rings. The summed E-state index contributed by atoms with van der Waals surface area (Å²) in [4.78, 5) is 72.3. The SMILES string of the molecule is COC1CC(C[C@@H](C)[C@@H]2CC(=O)[C@H](C)/C=C(\C)[C@@H](O)C(OC)C(=O)C(C)C[C@H](C)/C=C/C=C/C=C(\C)[C@@H](OC)C[C@@H]3CCC(C)C(O)(O3)C(=O)C(=O)N3CCCCC3C(=O)O2)CCC1n1cnnn1. The Morgan fingerprint density at radius 1 is 0.884 bits per heavy atom. The Hall–Kier alpha value is -4.26. The predicted octanol–water partition coefficient (Wildman–Crippen LogP) is 6.05. The van der Waals surface area contributed by atoms with Gasteiger partial charge in [0.05, 0.1) is 24.4 Å². The number of Topliss-reactive ketones (excluding diaryl/α,β-unsaturated/α-hetero) is 3. The summed E-state index contributed by atoms with van der Waals surface area (Å²) in [6.45, 7) is 12.8. The summed E-state index contributed by atoms with van der Waals surface area (Å²) in [7, 11) is 4.62. The molecule has 1 aromatic rings. The summed E-state index contributed by atoms with van der Waals surface area (Å²) >= 11 is 0. The van der Waals surface area contributed by atoms with Gasteiger partial charge < -0.3 is 38.8 Å². The molecule has 2 bridgehead atoms. The van der Waals surface area contributed by atoms with Crippen LogP contribution in [0.4, 0.5) is 0 Å². The molecule has 1 aliphatic carbocycles. The maximum atomic E-state index is 14.5. The number of hydrogen-bond acceptors (Lipinski definition) is 15. The van der Waals surface area contributed by atoms with Crippen LogP contribution in [0.1, 0.15) is 132 Å². The van der Waals surface area contributed by atoms with Gasteiger partial charge in [0.25, 0.3) is 11.7 Å². The highest BCUT2D eigenvalue weighted by Crippen LogP contribution is 2.39. The van der Waals surface area contributed by atoms with E-state index >= 15 is 0 Å². The second-order valence-corrected chi connectivity index (χ2v) is 20.4. The smallest absolute Gasteiger partial charge is 0.329 e. The Labute approximate surface area is 408 Å². The lowest BCUT2D eigenvalue weighted by Crippen LogP contribution is -2.61. The molecule has 0 spiro atoms. The first-order valence-corrected chi connectivity index (χ1v) is 25.0. The fraction of sp³-hybridized carbons (Fsp3) is 0.731. The summed E-state index contributed by atoms with van der Waals surface area (Å²) in [6, 6.07) is -1.19. The van der Waals surface area contributed by atoms with E-state index in [0.717, 1.165) is 18.4 Å². The number of aromatic nitrogens is 4. The highest BCUT2D eigenvalue weighted by molar-refractivity contribution is 6.39. The van der Waals surface area contributed by atoms with E-state index in [9.17, 15) is 34.2 Å². The molecule has 1 saturated carbocycles. The molecule has 0 radical (unpaired) electrons. The normalized spacial score (nSPS) is 38.8. The molecule has 0 aromatic carbocycles. The van der Waals surface area contributed by atoms with E-state index < -0.39 is 77.8 Å². The van der Waals surface area contributed by atoms with Gasteiger partial charge in [-0.2, -0.15) is 0 Å². The van der Waals surface area contributed by atoms with E-state index in [1.807, 2.05) is 58.1 Å². The van der Waals surface area contributed by atoms with Crippen molar-refractivity contribution < 1.29 is 57.9 Å². The molecular formula is C52H79N5O12. The first kappa shape index (κ1) is 55.7. The summed E-state index contributed by atoms with van der Waals surface area (Å²) < 4.78 is 31.6. The average molecular weight is 966 g/mol. The molecule has 1 amide bonds. The monoisotopic (exact) mass is 966 g/mol. The largest absolute Gasteiger partial charge is 0.460 e. The van der Waals surface area contributed by atoms with Gasteiger partial charge in [-0.3, -0.25) is 19.2 Å². The van der Waals surface area contributed by atoms with Gasteiger partial charge in [-0.25, -0.2) is 9.48 Å². The van der Waals surface area contributed by atoms with Crippen LogP contribution in [0.25, 0.3) is 0 Å². The second-order valence-electron chi connectivity index (χ2n) is 20.4. The second kappa shape index (κ2) is 25.7. The number of cyclic esters (lactones) is 1. The van der Waals surface area contributed by atoms with Crippen molar-refractivity contribution in [1.82, 2.24) is 25.1 Å². The highest BCUT2D eigenvalue weighted by Gasteiger charge is 2.53. The van der Waals surface area contributed by atoms with Gasteiger partial charge in [0, 0.05) is 58.5 Å². The molecule has 3 aliphatic heterocycles. The molecular weight excluding hydrogens is 887 g/mol. The number of amides is 1. The lowest BCUT2D eigenvalue weighted by Gasteiger charge is -2.42. The first-order valence-electron chi connectivity index (χ1n) is 25.0. The third kappa shape index (κ3) is 14.2. The molecule has 2 saturated heterocycles. The van der Waals surface area contributed by atoms with Gasteiger partial charge in [-0.1, -0.05) is 71.1 Å². The minimum Gasteiger partial charge on any atom is -0.460 e. The number of tetrazole rings is 1. The van der Waals surface area contributed by atoms with Gasteiger partial charge in [-0.05, 0) is 117 Å². The van der Waals surface area contributed by atoms with Crippen molar-refractivity contribution in [2.45, 2.75) is 180 Å². The summed E-state index contributed by atoms with van der Waals surface area (Å²) in [6.07, 6.45) is 13.9. The van der Waals surface area contributed by atoms with E-state index in [1.165, 1.54) is 12.0 Å². The van der Waals surface area contributed by atoms with Crippen LogP contribution in [0.15, 0.2) is 53.9 Å². The van der Waals surface area contributed by atoms with Crippen molar-refractivity contribution in [3.05, 3.63) is 53.9 Å². The lowest BCUT2D eigenvalue weighted by atomic mass is 9.77. The first-order chi connectivity index (χ1) is 32.8. The third-order valence-corrected chi connectivity index (χ3v) is 15.2. The maximum absolute atomic E-state index is 14.5. The standard InChI is InChI=1S/C52H79N5O12/c1-31-16-12-11-13-17-32(2)43(65-8)28-39-21-19-37(7)52(64,69-39)49(61)50(62)56-23-15-14-18-41(56)51(63)68-44(34(4)26-38-20-22-40(45(27-38)66-9)57-30-53-54-55-57)29-42(58)33(3)25-36(6)47(60)48(67-10)46(59)35(5)24-31/h11-13,16-17,25,30-31,33-35,37-41,43-45,47-48,60,64H,14-15,18-24,26-29H2,1-10H3/b13-11+,16-12+,32-17+,36-25+/t31-,33-,34-,35?,37?,38?,39+,40?,41?,43+,44+,45?,47-,48?,52?/m1/s1. The summed E-state index contributed by atoms with van der Waals surface area (Å²) in [5, 5.41) is 35.2. The topological polar surface area (TPSA) is 219 Å². The molecule has 15 atom stereocenters. The zero-order valence-corrected chi connectivity index (χ0v) is 42.5. The molecule has 4 aliphatic rings. The number of ether oxygens (including phenoxy) is 5. The number of ketones is 3. The fourth-order valence-corrected chi connectivity index (χ4v) is 10.7. The number of aliphatic hydroxyl groups is 2. The van der Waals surface area contributed by atoms with Crippen LogP contribution < -0.4 is 0 Å². The van der Waals surface area contributed by atoms with Crippen molar-refractivity contribution in [3.63, 3.8) is 0 Å². The van der Waals surface area contributed by atoms with Gasteiger partial charge in [0.15, 0.2) is 5.78 Å². The van der Waals surface area contributed by atoms with E-state index in [1.54, 1.807) is 52.1 Å². The minimum atomic E-state index is -2.43. The Balaban J connectivity index is 1.46. The van der Waals surface area contributed by atoms with Crippen molar-refractivity contribution in [1.29, 1.82) is 0 Å². The van der Waals surface area contributed by atoms with Crippen molar-refractivity contribution >= 4 is 29.2 Å². The van der Waals surface area contributed by atoms with Crippen LogP contribution in [-0.4, -0.2) is 141 Å². The zero-order valence-electron chi connectivity index (χ0n) is 42.5. The van der Waals surface area contributed by atoms with E-state index in [0.29, 0.717) is 56.9 Å². The Kier molecular flexibility index (Phi) is 20.8. The fourth-order valence-electron chi connectivity index (χ4n) is 10.7. The van der Waals surface area contributed by atoms with Gasteiger partial charge in [-0.15, -0.1) is 5.10 Å².